The van der Waals surface area contributed by atoms with Crippen LogP contribution in [0.3, 0.4) is 0 Å². The second-order valence-electron chi connectivity index (χ2n) is 2.51. The topological polar surface area (TPSA) is 0 Å². The van der Waals surface area contributed by atoms with Crippen LogP contribution in [0.4, 0.5) is 13.2 Å². The van der Waals surface area contributed by atoms with Gasteiger partial charge < -0.3 is 0 Å². The summed E-state index contributed by atoms with van der Waals surface area (Å²) in [7, 11) is 0.759. The Morgan fingerprint density at radius 3 is 2.17 bits per heavy atom. The molecule has 0 bridgehead atoms. The molecule has 0 nitrogen and oxygen atoms in total. The predicted molar refractivity (Wildman–Crippen MR) is 45.1 cm³/mol. The van der Waals surface area contributed by atoms with Crippen LogP contribution in [0.5, 0.6) is 0 Å². The van der Waals surface area contributed by atoms with Gasteiger partial charge >= 0.3 is 6.18 Å². The fraction of sp³-hybridized carbons (Fsp3) is 0.250. The molecule has 0 atom stereocenters. The summed E-state index contributed by atoms with van der Waals surface area (Å²) in [6.07, 6.45) is -4.19. The van der Waals surface area contributed by atoms with E-state index in [0.29, 0.717) is 11.6 Å². The molecule has 0 spiro atoms. The minimum absolute atomic E-state index is 0.414. The van der Waals surface area contributed by atoms with Gasteiger partial charge in [-0.25, -0.2) is 0 Å². The lowest BCUT2D eigenvalue weighted by Gasteiger charge is -2.10. The van der Waals surface area contributed by atoms with E-state index in [1.165, 1.54) is 12.1 Å². The highest BCUT2D eigenvalue weighted by Crippen LogP contribution is 2.31. The van der Waals surface area contributed by atoms with E-state index in [2.05, 4.69) is 0 Å². The van der Waals surface area contributed by atoms with Gasteiger partial charge in [0.1, 0.15) is 0 Å². The van der Waals surface area contributed by atoms with Gasteiger partial charge in [0, 0.05) is 10.2 Å². The fourth-order valence-corrected chi connectivity index (χ4v) is 1.72. The van der Waals surface area contributed by atoms with E-state index >= 15 is 0 Å². The number of alkyl halides is 3. The highest BCUT2D eigenvalue weighted by atomic mass is 28.1. The van der Waals surface area contributed by atoms with E-state index in [0.717, 1.165) is 16.3 Å². The quantitative estimate of drug-likeness (QED) is 0.590. The van der Waals surface area contributed by atoms with Crippen molar-refractivity contribution in [2.75, 3.05) is 0 Å². The molecule has 1 rings (SSSR count). The summed E-state index contributed by atoms with van der Waals surface area (Å²) < 4.78 is 36.8. The average molecular weight is 190 g/mol. The van der Waals surface area contributed by atoms with Gasteiger partial charge in [-0.15, -0.1) is 0 Å². The summed E-state index contributed by atoms with van der Waals surface area (Å²) in [6, 6.07) is 6.28. The van der Waals surface area contributed by atoms with Gasteiger partial charge in [-0.2, -0.15) is 13.2 Å². The highest BCUT2D eigenvalue weighted by Gasteiger charge is 2.32. The van der Waals surface area contributed by atoms with Crippen LogP contribution in [0.25, 0.3) is 0 Å². The van der Waals surface area contributed by atoms with Gasteiger partial charge in [0.05, 0.1) is 5.56 Å². The molecule has 0 radical (unpaired) electrons. The number of hydrogen-bond donors (Lipinski definition) is 0. The molecule has 0 aliphatic rings. The van der Waals surface area contributed by atoms with Crippen LogP contribution in [0.15, 0.2) is 24.3 Å². The smallest absolute Gasteiger partial charge is 0.166 e. The van der Waals surface area contributed by atoms with Crippen LogP contribution >= 0.6 is 0 Å². The Balaban J connectivity index is 3.14. The van der Waals surface area contributed by atoms with Crippen molar-refractivity contribution in [3.8, 4) is 0 Å². The molecule has 0 aromatic heterocycles. The second kappa shape index (κ2) is 3.31. The van der Waals surface area contributed by atoms with E-state index in [-0.39, 0.29) is 0 Å². The molecule has 0 unspecified atom stereocenters. The number of benzene rings is 1. The first kappa shape index (κ1) is 9.32. The third kappa shape index (κ3) is 1.88. The van der Waals surface area contributed by atoms with Crippen LogP contribution in [-0.4, -0.2) is 10.2 Å². The lowest BCUT2D eigenvalue weighted by atomic mass is 10.1. The van der Waals surface area contributed by atoms with Crippen LogP contribution < -0.4 is 0 Å². The summed E-state index contributed by atoms with van der Waals surface area (Å²) in [6.45, 7) is 0. The summed E-state index contributed by atoms with van der Waals surface area (Å²) in [5.41, 5.74) is -0.0725. The number of rotatable bonds is 1. The largest absolute Gasteiger partial charge is 0.416 e. The summed E-state index contributed by atoms with van der Waals surface area (Å²) >= 11 is 0. The van der Waals surface area contributed by atoms with Crippen molar-refractivity contribution < 1.29 is 13.2 Å². The molecule has 12 heavy (non-hydrogen) atoms. The minimum atomic E-state index is -4.19. The van der Waals surface area contributed by atoms with Crippen molar-refractivity contribution in [2.45, 2.75) is 12.2 Å². The maximum absolute atomic E-state index is 12.3. The van der Waals surface area contributed by atoms with Crippen molar-refractivity contribution in [1.82, 2.24) is 0 Å². The van der Waals surface area contributed by atoms with Crippen molar-refractivity contribution in [2.24, 2.45) is 0 Å². The first-order valence-electron chi connectivity index (χ1n) is 3.70. The molecule has 0 N–H and O–H groups in total. The van der Waals surface area contributed by atoms with E-state index < -0.39 is 11.7 Å². The minimum Gasteiger partial charge on any atom is -0.166 e. The molecule has 0 heterocycles. The Hall–Kier alpha value is -0.773. The maximum Gasteiger partial charge on any atom is 0.416 e. The van der Waals surface area contributed by atoms with Crippen LogP contribution in [-0.2, 0) is 12.2 Å². The average Bonchev–Trinajstić information content (AvgIpc) is 2.03. The monoisotopic (exact) mass is 190 g/mol. The molecule has 0 amide bonds. The van der Waals surface area contributed by atoms with E-state index in [1.807, 2.05) is 0 Å². The molecule has 0 aliphatic carbocycles. The van der Waals surface area contributed by atoms with Gasteiger partial charge in [-0.05, 0) is 17.7 Å². The second-order valence-corrected chi connectivity index (χ2v) is 3.22. The third-order valence-electron chi connectivity index (χ3n) is 1.70. The first-order chi connectivity index (χ1) is 5.55. The number of halogens is 3. The van der Waals surface area contributed by atoms with E-state index in [1.54, 1.807) is 6.07 Å². The molecule has 1 aromatic rings. The standard InChI is InChI=1S/C8H9F3Si/c9-8(10,11)7-4-2-1-3-6(7)5-12/h1-4H,5H2,12H3. The SMILES string of the molecule is FC(F)(F)c1ccccc1C[SiH3]. The van der Waals surface area contributed by atoms with Crippen molar-refractivity contribution in [1.29, 1.82) is 0 Å². The Labute approximate surface area is 71.8 Å². The lowest BCUT2D eigenvalue weighted by Crippen LogP contribution is -2.08. The lowest BCUT2D eigenvalue weighted by molar-refractivity contribution is -0.138. The van der Waals surface area contributed by atoms with Crippen LogP contribution in [0.1, 0.15) is 11.1 Å². The van der Waals surface area contributed by atoms with Gasteiger partial charge in [-0.1, -0.05) is 18.2 Å². The fourth-order valence-electron chi connectivity index (χ4n) is 1.11. The Bertz CT molecular complexity index is 267. The summed E-state index contributed by atoms with van der Waals surface area (Å²) in [5, 5.41) is 0. The zero-order chi connectivity index (χ0) is 9.19. The van der Waals surface area contributed by atoms with E-state index in [4.69, 9.17) is 0 Å². The Morgan fingerprint density at radius 2 is 1.75 bits per heavy atom. The van der Waals surface area contributed by atoms with Crippen molar-refractivity contribution in [3.63, 3.8) is 0 Å². The van der Waals surface area contributed by atoms with Gasteiger partial charge in [0.25, 0.3) is 0 Å². The molecule has 4 heteroatoms. The van der Waals surface area contributed by atoms with Gasteiger partial charge in [0.2, 0.25) is 0 Å². The Morgan fingerprint density at radius 1 is 1.17 bits per heavy atom. The molecule has 0 saturated carbocycles. The molecular formula is C8H9F3Si. The first-order valence-corrected chi connectivity index (χ1v) is 5.12. The molecule has 0 fully saturated rings. The third-order valence-corrected chi connectivity index (χ3v) is 2.47. The van der Waals surface area contributed by atoms with Crippen LogP contribution in [0.2, 0.25) is 0 Å². The van der Waals surface area contributed by atoms with Gasteiger partial charge in [0.15, 0.2) is 0 Å². The predicted octanol–water partition coefficient (Wildman–Crippen LogP) is 1.57. The maximum atomic E-state index is 12.3. The normalized spacial score (nSPS) is 11.9. The summed E-state index contributed by atoms with van der Waals surface area (Å²) in [5.74, 6) is 0. The van der Waals surface area contributed by atoms with Crippen molar-refractivity contribution in [3.05, 3.63) is 35.4 Å². The molecular weight excluding hydrogens is 181 g/mol. The zero-order valence-corrected chi connectivity index (χ0v) is 8.65. The van der Waals surface area contributed by atoms with Crippen LogP contribution in [0, 0.1) is 0 Å². The molecule has 66 valence electrons. The van der Waals surface area contributed by atoms with E-state index in [9.17, 15) is 13.2 Å². The highest BCUT2D eigenvalue weighted by molar-refractivity contribution is 6.08. The van der Waals surface area contributed by atoms with Gasteiger partial charge in [-0.3, -0.25) is 0 Å². The molecule has 0 saturated heterocycles. The molecule has 0 aliphatic heterocycles. The summed E-state index contributed by atoms with van der Waals surface area (Å²) in [4.78, 5) is 0. The zero-order valence-electron chi connectivity index (χ0n) is 6.65. The number of hydrogen-bond acceptors (Lipinski definition) is 0. The Kier molecular flexibility index (Phi) is 2.57. The molecule has 1 aromatic carbocycles. The van der Waals surface area contributed by atoms with Crippen molar-refractivity contribution >= 4 is 10.2 Å².